The number of ether oxygens (including phenoxy) is 1. The summed E-state index contributed by atoms with van der Waals surface area (Å²) in [5.41, 5.74) is 3.13. The van der Waals surface area contributed by atoms with Crippen LogP contribution in [-0.2, 0) is 11.3 Å². The molecule has 0 fully saturated rings. The highest BCUT2D eigenvalue weighted by Crippen LogP contribution is 2.35. The molecule has 0 aliphatic carbocycles. The first-order chi connectivity index (χ1) is 10.2. The molecule has 0 saturated carbocycles. The van der Waals surface area contributed by atoms with E-state index in [1.807, 2.05) is 60.4 Å². The second kappa shape index (κ2) is 5.88. The standard InChI is InChI=1S/C17H17ClN2O/c1-2-21-17-15-6-4-3-5-14(15)16(19)20(17)11-12-7-9-13(18)10-8-12/h3-10,17,19H,2,11H2,1H3. The van der Waals surface area contributed by atoms with Gasteiger partial charge in [0.1, 0.15) is 5.84 Å². The highest BCUT2D eigenvalue weighted by Gasteiger charge is 2.34. The Bertz CT molecular complexity index is 654. The molecule has 0 amide bonds. The molecule has 3 nitrogen and oxygen atoms in total. The molecule has 3 rings (SSSR count). The summed E-state index contributed by atoms with van der Waals surface area (Å²) in [5.74, 6) is 0.513. The Hall–Kier alpha value is -1.84. The molecule has 108 valence electrons. The van der Waals surface area contributed by atoms with Crippen LogP contribution < -0.4 is 0 Å². The first-order valence-electron chi connectivity index (χ1n) is 7.01. The van der Waals surface area contributed by atoms with Crippen molar-refractivity contribution >= 4 is 17.4 Å². The number of nitrogens with zero attached hydrogens (tertiary/aromatic N) is 1. The maximum Gasteiger partial charge on any atom is 0.158 e. The van der Waals surface area contributed by atoms with Gasteiger partial charge in [0.2, 0.25) is 0 Å². The van der Waals surface area contributed by atoms with Gasteiger partial charge < -0.3 is 9.64 Å². The van der Waals surface area contributed by atoms with E-state index < -0.39 is 0 Å². The Labute approximate surface area is 129 Å². The number of fused-ring (bicyclic) bond motifs is 1. The number of amidine groups is 1. The van der Waals surface area contributed by atoms with Crippen molar-refractivity contribution in [3.63, 3.8) is 0 Å². The average molecular weight is 301 g/mol. The molecule has 0 bridgehead atoms. The van der Waals surface area contributed by atoms with Crippen LogP contribution in [0.5, 0.6) is 0 Å². The van der Waals surface area contributed by atoms with Gasteiger partial charge in [0.25, 0.3) is 0 Å². The number of hydrogen-bond donors (Lipinski definition) is 1. The molecule has 4 heteroatoms. The molecular weight excluding hydrogens is 284 g/mol. The summed E-state index contributed by atoms with van der Waals surface area (Å²) in [6.07, 6.45) is -0.186. The largest absolute Gasteiger partial charge is 0.354 e. The molecule has 0 aromatic heterocycles. The summed E-state index contributed by atoms with van der Waals surface area (Å²) in [4.78, 5) is 1.98. The fraction of sp³-hybridized carbons (Fsp3) is 0.235. The molecule has 0 radical (unpaired) electrons. The summed E-state index contributed by atoms with van der Waals surface area (Å²) >= 11 is 5.93. The Morgan fingerprint density at radius 2 is 1.86 bits per heavy atom. The van der Waals surface area contributed by atoms with Crippen molar-refractivity contribution < 1.29 is 4.74 Å². The van der Waals surface area contributed by atoms with Crippen LogP contribution in [0.25, 0.3) is 0 Å². The fourth-order valence-electron chi connectivity index (χ4n) is 2.65. The molecule has 0 spiro atoms. The third-order valence-electron chi connectivity index (χ3n) is 3.64. The van der Waals surface area contributed by atoms with Gasteiger partial charge >= 0.3 is 0 Å². The summed E-state index contributed by atoms with van der Waals surface area (Å²) in [6, 6.07) is 15.7. The van der Waals surface area contributed by atoms with Gasteiger partial charge in [-0.1, -0.05) is 48.0 Å². The Balaban J connectivity index is 1.90. The average Bonchev–Trinajstić information content (AvgIpc) is 2.76. The first-order valence-corrected chi connectivity index (χ1v) is 7.39. The monoisotopic (exact) mass is 300 g/mol. The van der Waals surface area contributed by atoms with Crippen molar-refractivity contribution in [3.8, 4) is 0 Å². The lowest BCUT2D eigenvalue weighted by Gasteiger charge is -2.26. The summed E-state index contributed by atoms with van der Waals surface area (Å²) in [7, 11) is 0. The minimum absolute atomic E-state index is 0.186. The van der Waals surface area contributed by atoms with Gasteiger partial charge in [0, 0.05) is 29.3 Å². The van der Waals surface area contributed by atoms with Crippen LogP contribution >= 0.6 is 11.6 Å². The van der Waals surface area contributed by atoms with E-state index >= 15 is 0 Å². The van der Waals surface area contributed by atoms with Crippen LogP contribution in [-0.4, -0.2) is 17.3 Å². The van der Waals surface area contributed by atoms with E-state index in [4.69, 9.17) is 21.7 Å². The fourth-order valence-corrected chi connectivity index (χ4v) is 2.78. The van der Waals surface area contributed by atoms with Gasteiger partial charge in [-0.3, -0.25) is 5.41 Å². The second-order valence-electron chi connectivity index (χ2n) is 5.00. The summed E-state index contributed by atoms with van der Waals surface area (Å²) in [5, 5.41) is 9.13. The molecule has 1 heterocycles. The lowest BCUT2D eigenvalue weighted by Crippen LogP contribution is -2.29. The SMILES string of the molecule is CCOC1c2ccccc2C(=N)N1Cc1ccc(Cl)cc1. The van der Waals surface area contributed by atoms with Crippen LogP contribution in [0, 0.1) is 5.41 Å². The van der Waals surface area contributed by atoms with E-state index in [1.54, 1.807) is 0 Å². The minimum atomic E-state index is -0.186. The predicted octanol–water partition coefficient (Wildman–Crippen LogP) is 4.22. The van der Waals surface area contributed by atoms with Crippen molar-refractivity contribution in [3.05, 3.63) is 70.2 Å². The van der Waals surface area contributed by atoms with Gasteiger partial charge in [-0.05, 0) is 24.6 Å². The van der Waals surface area contributed by atoms with E-state index in [9.17, 15) is 0 Å². The quantitative estimate of drug-likeness (QED) is 0.918. The van der Waals surface area contributed by atoms with Crippen LogP contribution in [0.3, 0.4) is 0 Å². The third-order valence-corrected chi connectivity index (χ3v) is 3.89. The number of rotatable bonds is 4. The number of benzene rings is 2. The summed E-state index contributed by atoms with van der Waals surface area (Å²) < 4.78 is 5.87. The highest BCUT2D eigenvalue weighted by atomic mass is 35.5. The van der Waals surface area contributed by atoms with Gasteiger partial charge in [-0.15, -0.1) is 0 Å². The molecule has 1 aliphatic rings. The van der Waals surface area contributed by atoms with E-state index in [1.165, 1.54) is 0 Å². The van der Waals surface area contributed by atoms with Gasteiger partial charge in [0.15, 0.2) is 6.23 Å². The van der Waals surface area contributed by atoms with Crippen molar-refractivity contribution in [2.45, 2.75) is 19.7 Å². The molecule has 2 aromatic carbocycles. The van der Waals surface area contributed by atoms with Crippen LogP contribution in [0.2, 0.25) is 5.02 Å². The Kier molecular flexibility index (Phi) is 3.95. The molecule has 1 aliphatic heterocycles. The van der Waals surface area contributed by atoms with Crippen molar-refractivity contribution in [1.82, 2.24) is 4.90 Å². The van der Waals surface area contributed by atoms with Gasteiger partial charge in [-0.25, -0.2) is 0 Å². The predicted molar refractivity (Wildman–Crippen MR) is 84.6 cm³/mol. The number of hydrogen-bond acceptors (Lipinski definition) is 2. The smallest absolute Gasteiger partial charge is 0.158 e. The normalized spacial score (nSPS) is 17.1. The van der Waals surface area contributed by atoms with Crippen LogP contribution in [0.1, 0.15) is 29.8 Å². The third kappa shape index (κ3) is 2.67. The lowest BCUT2D eigenvalue weighted by molar-refractivity contribution is -0.0196. The molecular formula is C17H17ClN2O. The van der Waals surface area contributed by atoms with E-state index in [0.29, 0.717) is 19.0 Å². The number of halogens is 1. The molecule has 1 N–H and O–H groups in total. The summed E-state index contributed by atoms with van der Waals surface area (Å²) in [6.45, 7) is 3.23. The van der Waals surface area contributed by atoms with E-state index in [0.717, 1.165) is 21.7 Å². The van der Waals surface area contributed by atoms with Gasteiger partial charge in [-0.2, -0.15) is 0 Å². The minimum Gasteiger partial charge on any atom is -0.354 e. The molecule has 21 heavy (non-hydrogen) atoms. The highest BCUT2D eigenvalue weighted by molar-refractivity contribution is 6.30. The molecule has 2 aromatic rings. The zero-order valence-electron chi connectivity index (χ0n) is 11.8. The maximum atomic E-state index is 8.41. The topological polar surface area (TPSA) is 36.3 Å². The van der Waals surface area contributed by atoms with Crippen LogP contribution in [0.15, 0.2) is 48.5 Å². The van der Waals surface area contributed by atoms with Gasteiger partial charge in [0.05, 0.1) is 0 Å². The molecule has 0 saturated heterocycles. The zero-order valence-corrected chi connectivity index (χ0v) is 12.6. The van der Waals surface area contributed by atoms with Crippen molar-refractivity contribution in [2.24, 2.45) is 0 Å². The van der Waals surface area contributed by atoms with E-state index in [-0.39, 0.29) is 6.23 Å². The van der Waals surface area contributed by atoms with Crippen molar-refractivity contribution in [2.75, 3.05) is 6.61 Å². The lowest BCUT2D eigenvalue weighted by atomic mass is 10.1. The second-order valence-corrected chi connectivity index (χ2v) is 5.43. The number of nitrogens with one attached hydrogen (secondary N) is 1. The van der Waals surface area contributed by atoms with Crippen molar-refractivity contribution in [1.29, 1.82) is 5.41 Å². The molecule has 1 atom stereocenters. The Morgan fingerprint density at radius 3 is 2.57 bits per heavy atom. The Morgan fingerprint density at radius 1 is 1.14 bits per heavy atom. The van der Waals surface area contributed by atoms with E-state index in [2.05, 4.69) is 0 Å². The molecule has 1 unspecified atom stereocenters. The maximum absolute atomic E-state index is 8.41. The first kappa shape index (κ1) is 14.1. The van der Waals surface area contributed by atoms with Crippen LogP contribution in [0.4, 0.5) is 0 Å². The zero-order chi connectivity index (χ0) is 14.8.